The third kappa shape index (κ3) is 4.64. The summed E-state index contributed by atoms with van der Waals surface area (Å²) in [5.74, 6) is 0.531. The van der Waals surface area contributed by atoms with E-state index in [0.29, 0.717) is 17.3 Å². The van der Waals surface area contributed by atoms with Crippen LogP contribution in [0.4, 0.5) is 0 Å². The summed E-state index contributed by atoms with van der Waals surface area (Å²) in [7, 11) is 0. The van der Waals surface area contributed by atoms with Gasteiger partial charge in [0.2, 0.25) is 0 Å². The van der Waals surface area contributed by atoms with Gasteiger partial charge in [-0.25, -0.2) is 0 Å². The lowest BCUT2D eigenvalue weighted by molar-refractivity contribution is -0.123. The van der Waals surface area contributed by atoms with Crippen molar-refractivity contribution in [2.75, 3.05) is 6.61 Å². The molecule has 0 saturated carbocycles. The molecule has 2 rings (SSSR count). The Morgan fingerprint density at radius 3 is 2.42 bits per heavy atom. The number of benzene rings is 2. The largest absolute Gasteiger partial charge is 0.484 e. The van der Waals surface area contributed by atoms with Gasteiger partial charge in [0.15, 0.2) is 6.61 Å². The zero-order valence-corrected chi connectivity index (χ0v) is 11.1. The Morgan fingerprint density at radius 2 is 1.74 bits per heavy atom. The lowest BCUT2D eigenvalue weighted by atomic mass is 10.2. The first-order valence-corrected chi connectivity index (χ1v) is 6.31. The molecule has 0 heterocycles. The number of para-hydroxylation sites is 1. The fourth-order valence-corrected chi connectivity index (χ4v) is 1.65. The van der Waals surface area contributed by atoms with Crippen molar-refractivity contribution < 1.29 is 9.53 Å². The second-order valence-electron chi connectivity index (χ2n) is 4.00. The second kappa shape index (κ2) is 6.81. The average Bonchev–Trinajstić information content (AvgIpc) is 2.45. The number of carbonyl (C=O) groups excluding carboxylic acids is 1. The van der Waals surface area contributed by atoms with Gasteiger partial charge < -0.3 is 10.1 Å². The minimum absolute atomic E-state index is 0.0115. The summed E-state index contributed by atoms with van der Waals surface area (Å²) in [6, 6.07) is 16.6. The van der Waals surface area contributed by atoms with Gasteiger partial charge in [-0.3, -0.25) is 4.79 Å². The predicted molar refractivity (Wildman–Crippen MR) is 75.2 cm³/mol. The van der Waals surface area contributed by atoms with Crippen LogP contribution in [-0.4, -0.2) is 12.5 Å². The topological polar surface area (TPSA) is 38.3 Å². The standard InChI is InChI=1S/C15H14ClNO2/c16-13-8-6-12(7-9-13)10-17-15(18)11-19-14-4-2-1-3-5-14/h1-9H,10-11H2,(H,17,18). The molecule has 1 N–H and O–H groups in total. The molecule has 1 amide bonds. The van der Waals surface area contributed by atoms with E-state index < -0.39 is 0 Å². The molecule has 98 valence electrons. The van der Waals surface area contributed by atoms with Crippen molar-refractivity contribution in [3.05, 3.63) is 65.2 Å². The molecule has 0 aliphatic rings. The van der Waals surface area contributed by atoms with E-state index in [-0.39, 0.29) is 12.5 Å². The number of nitrogens with one attached hydrogen (secondary N) is 1. The summed E-state index contributed by atoms with van der Waals surface area (Å²) in [6.07, 6.45) is 0. The molecule has 0 spiro atoms. The molecule has 0 unspecified atom stereocenters. The normalized spacial score (nSPS) is 9.95. The van der Waals surface area contributed by atoms with Crippen LogP contribution in [0.1, 0.15) is 5.56 Å². The molecule has 0 aromatic heterocycles. The summed E-state index contributed by atoms with van der Waals surface area (Å²) in [6.45, 7) is 0.478. The van der Waals surface area contributed by atoms with E-state index in [1.807, 2.05) is 42.5 Å². The molecule has 0 fully saturated rings. The number of hydrogen-bond acceptors (Lipinski definition) is 2. The fourth-order valence-electron chi connectivity index (χ4n) is 1.52. The number of rotatable bonds is 5. The molecule has 0 aliphatic heterocycles. The van der Waals surface area contributed by atoms with Gasteiger partial charge in [0.1, 0.15) is 5.75 Å². The highest BCUT2D eigenvalue weighted by molar-refractivity contribution is 6.30. The number of carbonyl (C=O) groups is 1. The Morgan fingerprint density at radius 1 is 1.05 bits per heavy atom. The van der Waals surface area contributed by atoms with Gasteiger partial charge >= 0.3 is 0 Å². The van der Waals surface area contributed by atoms with Crippen LogP contribution in [0.5, 0.6) is 5.75 Å². The molecule has 0 saturated heterocycles. The van der Waals surface area contributed by atoms with Crippen LogP contribution in [0.15, 0.2) is 54.6 Å². The Labute approximate surface area is 117 Å². The zero-order chi connectivity index (χ0) is 13.5. The van der Waals surface area contributed by atoms with E-state index in [0.717, 1.165) is 5.56 Å². The first kappa shape index (κ1) is 13.4. The SMILES string of the molecule is O=C(COc1ccccc1)NCc1ccc(Cl)cc1. The molecular formula is C15H14ClNO2. The highest BCUT2D eigenvalue weighted by Gasteiger charge is 2.02. The van der Waals surface area contributed by atoms with Crippen LogP contribution in [0.2, 0.25) is 5.02 Å². The summed E-state index contributed by atoms with van der Waals surface area (Å²) in [4.78, 5) is 11.6. The molecule has 2 aromatic carbocycles. The third-order valence-corrected chi connectivity index (χ3v) is 2.77. The Balaban J connectivity index is 1.74. The average molecular weight is 276 g/mol. The molecule has 0 aliphatic carbocycles. The van der Waals surface area contributed by atoms with Crippen molar-refractivity contribution in [2.24, 2.45) is 0 Å². The Kier molecular flexibility index (Phi) is 4.81. The molecule has 3 nitrogen and oxygen atoms in total. The van der Waals surface area contributed by atoms with Gasteiger partial charge in [0, 0.05) is 11.6 Å². The van der Waals surface area contributed by atoms with Crippen LogP contribution in [-0.2, 0) is 11.3 Å². The van der Waals surface area contributed by atoms with E-state index in [4.69, 9.17) is 16.3 Å². The van der Waals surface area contributed by atoms with Gasteiger partial charge in [-0.05, 0) is 29.8 Å². The van der Waals surface area contributed by atoms with E-state index in [1.165, 1.54) is 0 Å². The van der Waals surface area contributed by atoms with Crippen molar-refractivity contribution in [3.8, 4) is 5.75 Å². The highest BCUT2D eigenvalue weighted by Crippen LogP contribution is 2.09. The molecular weight excluding hydrogens is 262 g/mol. The molecule has 2 aromatic rings. The summed E-state index contributed by atoms with van der Waals surface area (Å²) in [5, 5.41) is 3.46. The van der Waals surface area contributed by atoms with E-state index in [9.17, 15) is 4.79 Å². The quantitative estimate of drug-likeness (QED) is 0.911. The van der Waals surface area contributed by atoms with Crippen LogP contribution in [0.25, 0.3) is 0 Å². The van der Waals surface area contributed by atoms with Crippen molar-refractivity contribution in [1.29, 1.82) is 0 Å². The molecule has 4 heteroatoms. The van der Waals surface area contributed by atoms with Crippen molar-refractivity contribution in [1.82, 2.24) is 5.32 Å². The van der Waals surface area contributed by atoms with Crippen molar-refractivity contribution in [3.63, 3.8) is 0 Å². The smallest absolute Gasteiger partial charge is 0.258 e. The lowest BCUT2D eigenvalue weighted by Crippen LogP contribution is -2.28. The van der Waals surface area contributed by atoms with Gasteiger partial charge in [-0.1, -0.05) is 41.9 Å². The van der Waals surface area contributed by atoms with Gasteiger partial charge in [-0.2, -0.15) is 0 Å². The van der Waals surface area contributed by atoms with Crippen LogP contribution >= 0.6 is 11.6 Å². The summed E-state index contributed by atoms with van der Waals surface area (Å²) in [5.41, 5.74) is 0.998. The highest BCUT2D eigenvalue weighted by atomic mass is 35.5. The predicted octanol–water partition coefficient (Wildman–Crippen LogP) is 3.04. The molecule has 0 atom stereocenters. The zero-order valence-electron chi connectivity index (χ0n) is 10.3. The minimum atomic E-state index is -0.154. The van der Waals surface area contributed by atoms with Gasteiger partial charge in [-0.15, -0.1) is 0 Å². The maximum atomic E-state index is 11.6. The lowest BCUT2D eigenvalue weighted by Gasteiger charge is -2.07. The van der Waals surface area contributed by atoms with Gasteiger partial charge in [0.25, 0.3) is 5.91 Å². The van der Waals surface area contributed by atoms with Crippen LogP contribution in [0.3, 0.4) is 0 Å². The molecule has 0 bridgehead atoms. The minimum Gasteiger partial charge on any atom is -0.484 e. The Hall–Kier alpha value is -2.00. The molecule has 19 heavy (non-hydrogen) atoms. The first-order chi connectivity index (χ1) is 9.24. The van der Waals surface area contributed by atoms with E-state index in [2.05, 4.69) is 5.32 Å². The van der Waals surface area contributed by atoms with Crippen molar-refractivity contribution >= 4 is 17.5 Å². The third-order valence-electron chi connectivity index (χ3n) is 2.52. The van der Waals surface area contributed by atoms with E-state index >= 15 is 0 Å². The summed E-state index contributed by atoms with van der Waals surface area (Å²) < 4.78 is 5.34. The van der Waals surface area contributed by atoms with Crippen molar-refractivity contribution in [2.45, 2.75) is 6.54 Å². The maximum Gasteiger partial charge on any atom is 0.258 e. The second-order valence-corrected chi connectivity index (χ2v) is 4.44. The molecule has 0 radical (unpaired) electrons. The van der Waals surface area contributed by atoms with Crippen LogP contribution in [0, 0.1) is 0 Å². The number of ether oxygens (including phenoxy) is 1. The maximum absolute atomic E-state index is 11.6. The first-order valence-electron chi connectivity index (χ1n) is 5.93. The number of halogens is 1. The fraction of sp³-hybridized carbons (Fsp3) is 0.133. The monoisotopic (exact) mass is 275 g/mol. The summed E-state index contributed by atoms with van der Waals surface area (Å²) >= 11 is 5.78. The Bertz CT molecular complexity index is 526. The number of amides is 1. The van der Waals surface area contributed by atoms with Crippen LogP contribution < -0.4 is 10.1 Å². The number of hydrogen-bond donors (Lipinski definition) is 1. The van der Waals surface area contributed by atoms with E-state index in [1.54, 1.807) is 12.1 Å². The van der Waals surface area contributed by atoms with Gasteiger partial charge in [0.05, 0.1) is 0 Å².